The standard InChI is InChI=1S/C17H15N5O2/c23-16(15-6-5-12-3-1-2-4-14(12)24-15)21-13-9-19-17(20-10-13)22-8-7-18-11-22/h1-4,7-11,15H,5-6H2,(H,21,23). The molecule has 2 aromatic heterocycles. The summed E-state index contributed by atoms with van der Waals surface area (Å²) in [6, 6.07) is 7.79. The Labute approximate surface area is 138 Å². The number of benzene rings is 1. The van der Waals surface area contributed by atoms with E-state index >= 15 is 0 Å². The highest BCUT2D eigenvalue weighted by Crippen LogP contribution is 2.27. The van der Waals surface area contributed by atoms with Crippen LogP contribution >= 0.6 is 0 Å². The van der Waals surface area contributed by atoms with E-state index in [4.69, 9.17) is 4.74 Å². The quantitative estimate of drug-likeness (QED) is 0.798. The number of carbonyl (C=O) groups is 1. The van der Waals surface area contributed by atoms with Crippen molar-refractivity contribution in [2.24, 2.45) is 0 Å². The summed E-state index contributed by atoms with van der Waals surface area (Å²) in [7, 11) is 0. The summed E-state index contributed by atoms with van der Waals surface area (Å²) < 4.78 is 7.47. The zero-order valence-electron chi connectivity index (χ0n) is 12.8. The molecule has 4 rings (SSSR count). The molecule has 0 bridgehead atoms. The first kappa shape index (κ1) is 14.4. The van der Waals surface area contributed by atoms with Crippen molar-refractivity contribution in [3.05, 3.63) is 60.9 Å². The van der Waals surface area contributed by atoms with Gasteiger partial charge in [-0.3, -0.25) is 9.36 Å². The van der Waals surface area contributed by atoms with Crippen molar-refractivity contribution < 1.29 is 9.53 Å². The van der Waals surface area contributed by atoms with Crippen molar-refractivity contribution >= 4 is 11.6 Å². The number of nitrogens with one attached hydrogen (secondary N) is 1. The van der Waals surface area contributed by atoms with Gasteiger partial charge in [-0.15, -0.1) is 0 Å². The number of aromatic nitrogens is 4. The molecule has 3 aromatic rings. The second-order valence-electron chi connectivity index (χ2n) is 5.48. The van der Waals surface area contributed by atoms with Gasteiger partial charge in [0.2, 0.25) is 5.95 Å². The summed E-state index contributed by atoms with van der Waals surface area (Å²) >= 11 is 0. The van der Waals surface area contributed by atoms with Gasteiger partial charge in [0.05, 0.1) is 18.1 Å². The van der Waals surface area contributed by atoms with E-state index in [9.17, 15) is 4.79 Å². The van der Waals surface area contributed by atoms with Gasteiger partial charge in [-0.1, -0.05) is 18.2 Å². The highest BCUT2D eigenvalue weighted by Gasteiger charge is 2.26. The van der Waals surface area contributed by atoms with Gasteiger partial charge < -0.3 is 10.1 Å². The molecule has 0 saturated heterocycles. The minimum atomic E-state index is -0.506. The average Bonchev–Trinajstić information content (AvgIpc) is 3.16. The van der Waals surface area contributed by atoms with Gasteiger partial charge in [-0.25, -0.2) is 15.0 Å². The van der Waals surface area contributed by atoms with Gasteiger partial charge >= 0.3 is 0 Å². The van der Waals surface area contributed by atoms with Crippen LogP contribution in [-0.2, 0) is 11.2 Å². The Morgan fingerprint density at radius 1 is 1.25 bits per heavy atom. The smallest absolute Gasteiger partial charge is 0.265 e. The number of hydrogen-bond donors (Lipinski definition) is 1. The Morgan fingerprint density at radius 3 is 2.88 bits per heavy atom. The highest BCUT2D eigenvalue weighted by molar-refractivity contribution is 5.94. The van der Waals surface area contributed by atoms with E-state index in [1.54, 1.807) is 35.7 Å². The minimum Gasteiger partial charge on any atom is -0.480 e. The van der Waals surface area contributed by atoms with E-state index in [0.29, 0.717) is 18.1 Å². The van der Waals surface area contributed by atoms with Gasteiger partial charge in [0.15, 0.2) is 6.10 Å². The third-order valence-corrected chi connectivity index (χ3v) is 3.85. The Balaban J connectivity index is 1.43. The SMILES string of the molecule is O=C(Nc1cnc(-n2ccnc2)nc1)C1CCc2ccccc2O1. The van der Waals surface area contributed by atoms with Crippen molar-refractivity contribution in [2.75, 3.05) is 5.32 Å². The lowest BCUT2D eigenvalue weighted by Crippen LogP contribution is -2.35. The molecule has 7 nitrogen and oxygen atoms in total. The summed E-state index contributed by atoms with van der Waals surface area (Å²) in [6.07, 6.45) is 9.11. The molecule has 0 radical (unpaired) electrons. The van der Waals surface area contributed by atoms with Gasteiger partial charge in [0, 0.05) is 12.4 Å². The zero-order valence-corrected chi connectivity index (χ0v) is 12.8. The molecule has 1 aromatic carbocycles. The molecule has 1 aliphatic heterocycles. The molecule has 24 heavy (non-hydrogen) atoms. The topological polar surface area (TPSA) is 81.9 Å². The number of anilines is 1. The van der Waals surface area contributed by atoms with E-state index in [-0.39, 0.29) is 5.91 Å². The summed E-state index contributed by atoms with van der Waals surface area (Å²) in [5.41, 5.74) is 1.67. The predicted molar refractivity (Wildman–Crippen MR) is 87.0 cm³/mol. The molecule has 1 atom stereocenters. The number of aryl methyl sites for hydroxylation is 1. The molecule has 1 aliphatic rings. The molecular weight excluding hydrogens is 306 g/mol. The van der Waals surface area contributed by atoms with Crippen LogP contribution in [0.5, 0.6) is 5.75 Å². The normalized spacial score (nSPS) is 16.1. The lowest BCUT2D eigenvalue weighted by atomic mass is 10.0. The number of hydrogen-bond acceptors (Lipinski definition) is 5. The number of ether oxygens (including phenoxy) is 1. The van der Waals surface area contributed by atoms with Crippen molar-refractivity contribution in [2.45, 2.75) is 18.9 Å². The molecule has 0 aliphatic carbocycles. The molecule has 1 N–H and O–H groups in total. The molecule has 120 valence electrons. The van der Waals surface area contributed by atoms with Crippen molar-refractivity contribution in [1.82, 2.24) is 19.5 Å². The molecule has 0 spiro atoms. The fourth-order valence-corrected chi connectivity index (χ4v) is 2.63. The molecule has 1 unspecified atom stereocenters. The van der Waals surface area contributed by atoms with E-state index in [1.165, 1.54) is 0 Å². The summed E-state index contributed by atoms with van der Waals surface area (Å²) in [4.78, 5) is 24.8. The van der Waals surface area contributed by atoms with Gasteiger partial charge in [-0.05, 0) is 24.5 Å². The molecule has 1 amide bonds. The van der Waals surface area contributed by atoms with Gasteiger partial charge in [-0.2, -0.15) is 0 Å². The van der Waals surface area contributed by atoms with E-state index < -0.39 is 6.10 Å². The van der Waals surface area contributed by atoms with Crippen LogP contribution < -0.4 is 10.1 Å². The van der Waals surface area contributed by atoms with Crippen LogP contribution in [0.1, 0.15) is 12.0 Å². The molecule has 7 heteroatoms. The first-order valence-electron chi connectivity index (χ1n) is 7.65. The van der Waals surface area contributed by atoms with Crippen LogP contribution in [-0.4, -0.2) is 31.5 Å². The number of nitrogens with zero attached hydrogens (tertiary/aromatic N) is 4. The van der Waals surface area contributed by atoms with E-state index in [1.807, 2.05) is 24.3 Å². The maximum Gasteiger partial charge on any atom is 0.265 e. The average molecular weight is 321 g/mol. The van der Waals surface area contributed by atoms with Crippen LogP contribution in [0.4, 0.5) is 5.69 Å². The summed E-state index contributed by atoms with van der Waals surface area (Å²) in [5.74, 6) is 1.08. The first-order valence-corrected chi connectivity index (χ1v) is 7.65. The van der Waals surface area contributed by atoms with Crippen LogP contribution in [0.2, 0.25) is 0 Å². The second-order valence-corrected chi connectivity index (χ2v) is 5.48. The summed E-state index contributed by atoms with van der Waals surface area (Å²) in [5, 5.41) is 2.80. The van der Waals surface area contributed by atoms with Crippen molar-refractivity contribution in [1.29, 1.82) is 0 Å². The number of imidazole rings is 1. The molecule has 0 fully saturated rings. The van der Waals surface area contributed by atoms with Crippen molar-refractivity contribution in [3.8, 4) is 11.7 Å². The fraction of sp³-hybridized carbons (Fsp3) is 0.176. The third-order valence-electron chi connectivity index (χ3n) is 3.85. The van der Waals surface area contributed by atoms with E-state index in [2.05, 4.69) is 20.3 Å². The number of rotatable bonds is 3. The maximum absolute atomic E-state index is 12.4. The molecule has 0 saturated carbocycles. The largest absolute Gasteiger partial charge is 0.480 e. The maximum atomic E-state index is 12.4. The van der Waals surface area contributed by atoms with Crippen LogP contribution in [0, 0.1) is 0 Å². The van der Waals surface area contributed by atoms with Gasteiger partial charge in [0.1, 0.15) is 12.1 Å². The highest BCUT2D eigenvalue weighted by atomic mass is 16.5. The number of carbonyl (C=O) groups excluding carboxylic acids is 1. The van der Waals surface area contributed by atoms with Gasteiger partial charge in [0.25, 0.3) is 5.91 Å². The third kappa shape index (κ3) is 2.83. The monoisotopic (exact) mass is 321 g/mol. The van der Waals surface area contributed by atoms with Crippen LogP contribution in [0.15, 0.2) is 55.4 Å². The number of fused-ring (bicyclic) bond motifs is 1. The van der Waals surface area contributed by atoms with E-state index in [0.717, 1.165) is 17.7 Å². The zero-order chi connectivity index (χ0) is 16.4. The van der Waals surface area contributed by atoms with Crippen molar-refractivity contribution in [3.63, 3.8) is 0 Å². The lowest BCUT2D eigenvalue weighted by Gasteiger charge is -2.25. The minimum absolute atomic E-state index is 0.191. The Hall–Kier alpha value is -3.22. The second kappa shape index (κ2) is 6.11. The predicted octanol–water partition coefficient (Wildman–Crippen LogP) is 1.99. The summed E-state index contributed by atoms with van der Waals surface area (Å²) in [6.45, 7) is 0. The Kier molecular flexibility index (Phi) is 3.66. The first-order chi connectivity index (χ1) is 11.8. The van der Waals surface area contributed by atoms with Crippen LogP contribution in [0.3, 0.4) is 0 Å². The molecule has 3 heterocycles. The van der Waals surface area contributed by atoms with Crippen LogP contribution in [0.25, 0.3) is 5.95 Å². The number of para-hydroxylation sites is 1. The Bertz CT molecular complexity index is 846. The lowest BCUT2D eigenvalue weighted by molar-refractivity contribution is -0.123. The Morgan fingerprint density at radius 2 is 2.08 bits per heavy atom. The fourth-order valence-electron chi connectivity index (χ4n) is 2.63. The number of amides is 1. The molecular formula is C17H15N5O2.